The van der Waals surface area contributed by atoms with Crippen molar-refractivity contribution in [2.45, 2.75) is 67.7 Å². The Hall–Kier alpha value is -2.58. The highest BCUT2D eigenvalue weighted by atomic mass is 32.2. The first kappa shape index (κ1) is 28.4. The van der Waals surface area contributed by atoms with E-state index < -0.39 is 42.7 Å². The number of thioether (sulfide) groups is 1. The van der Waals surface area contributed by atoms with E-state index in [4.69, 9.17) is 15.7 Å². The number of anilines is 3. The summed E-state index contributed by atoms with van der Waals surface area (Å²) in [5, 5.41) is 26.6. The summed E-state index contributed by atoms with van der Waals surface area (Å²) in [6.07, 6.45) is -1.35. The van der Waals surface area contributed by atoms with E-state index in [-0.39, 0.29) is 18.6 Å². The van der Waals surface area contributed by atoms with Crippen molar-refractivity contribution in [3.63, 3.8) is 0 Å². The average molecular weight is 555 g/mol. The Bertz CT molecular complexity index is 1150. The number of nitrogen functional groups attached to an aromatic ring is 1. The monoisotopic (exact) mass is 554 g/mol. The van der Waals surface area contributed by atoms with E-state index in [1.807, 2.05) is 6.92 Å². The maximum Gasteiger partial charge on any atom is 0.191 e. The smallest absolute Gasteiger partial charge is 0.191 e. The molecule has 1 heterocycles. The zero-order chi connectivity index (χ0) is 27.4. The molecule has 208 valence electrons. The van der Waals surface area contributed by atoms with E-state index in [2.05, 4.69) is 32.6 Å². The molecular formula is C25H33F3N6O3S. The van der Waals surface area contributed by atoms with Gasteiger partial charge in [-0.05, 0) is 36.1 Å². The first-order valence-corrected chi connectivity index (χ1v) is 13.5. The minimum atomic E-state index is -1.54. The number of benzene rings is 1. The number of halogens is 3. The summed E-state index contributed by atoms with van der Waals surface area (Å²) < 4.78 is 46.0. The summed E-state index contributed by atoms with van der Waals surface area (Å²) in [5.74, 6) is 5.69. The Morgan fingerprint density at radius 2 is 1.95 bits per heavy atom. The third-order valence-corrected chi connectivity index (χ3v) is 7.65. The number of alkyl halides is 1. The lowest BCUT2D eigenvalue weighted by Crippen LogP contribution is -2.27. The predicted molar refractivity (Wildman–Crippen MR) is 141 cm³/mol. The molecule has 0 radical (unpaired) electrons. The van der Waals surface area contributed by atoms with Crippen LogP contribution in [-0.4, -0.2) is 69.6 Å². The van der Waals surface area contributed by atoms with Gasteiger partial charge in [-0.15, -0.1) is 0 Å². The fraction of sp³-hybridized carbons (Fsp3) is 0.520. The van der Waals surface area contributed by atoms with Gasteiger partial charge >= 0.3 is 0 Å². The molecule has 1 aromatic carbocycles. The highest BCUT2D eigenvalue weighted by molar-refractivity contribution is 7.99. The fourth-order valence-corrected chi connectivity index (χ4v) is 5.10. The zero-order valence-electron chi connectivity index (χ0n) is 21.0. The molecule has 0 amide bonds. The number of nitrogens with two attached hydrogens (primary N) is 1. The van der Waals surface area contributed by atoms with E-state index >= 15 is 0 Å². The Morgan fingerprint density at radius 3 is 2.61 bits per heavy atom. The first-order chi connectivity index (χ1) is 18.2. The van der Waals surface area contributed by atoms with Gasteiger partial charge in [0.15, 0.2) is 28.4 Å². The summed E-state index contributed by atoms with van der Waals surface area (Å²) >= 11 is 1.47. The molecule has 2 aliphatic carbocycles. The SMILES string of the molecule is C=C1C(Nc2nc(SCCC)nc(NC3CC3c3ccc(F)c(F)c3)c2NN)CC(OCC(F)CO)C1O. The lowest BCUT2D eigenvalue weighted by atomic mass is 10.1. The van der Waals surface area contributed by atoms with Crippen LogP contribution in [0.25, 0.3) is 0 Å². The number of hydrogen-bond donors (Lipinski definition) is 6. The van der Waals surface area contributed by atoms with Crippen LogP contribution in [0.1, 0.15) is 37.7 Å². The molecule has 0 aliphatic heterocycles. The molecule has 0 spiro atoms. The zero-order valence-corrected chi connectivity index (χ0v) is 21.8. The molecule has 2 fully saturated rings. The number of aliphatic hydroxyl groups is 2. The molecule has 2 aromatic rings. The van der Waals surface area contributed by atoms with Crippen LogP contribution >= 0.6 is 11.8 Å². The molecular weight excluding hydrogens is 521 g/mol. The van der Waals surface area contributed by atoms with Gasteiger partial charge in [0.2, 0.25) is 0 Å². The van der Waals surface area contributed by atoms with Gasteiger partial charge in [0.1, 0.15) is 18.0 Å². The van der Waals surface area contributed by atoms with Gasteiger partial charge < -0.3 is 31.0 Å². The van der Waals surface area contributed by atoms with Crippen molar-refractivity contribution in [1.82, 2.24) is 9.97 Å². The summed E-state index contributed by atoms with van der Waals surface area (Å²) in [4.78, 5) is 9.24. The van der Waals surface area contributed by atoms with Gasteiger partial charge in [0.05, 0.1) is 25.4 Å². The molecule has 1 aromatic heterocycles. The van der Waals surface area contributed by atoms with Gasteiger partial charge in [0.25, 0.3) is 0 Å². The molecule has 13 heteroatoms. The largest absolute Gasteiger partial charge is 0.393 e. The van der Waals surface area contributed by atoms with Crippen molar-refractivity contribution in [2.75, 3.05) is 35.0 Å². The Labute approximate surface area is 223 Å². The minimum absolute atomic E-state index is 0.0187. The number of nitrogens with one attached hydrogen (secondary N) is 3. The van der Waals surface area contributed by atoms with Crippen LogP contribution in [0.15, 0.2) is 35.5 Å². The fourth-order valence-electron chi connectivity index (χ4n) is 4.40. The van der Waals surface area contributed by atoms with Crippen molar-refractivity contribution in [1.29, 1.82) is 0 Å². The Kier molecular flexibility index (Phi) is 9.36. The van der Waals surface area contributed by atoms with Crippen LogP contribution in [0, 0.1) is 11.6 Å². The molecule has 9 nitrogen and oxygen atoms in total. The number of hydrazine groups is 1. The third-order valence-electron chi connectivity index (χ3n) is 6.60. The molecule has 2 aliphatic rings. The van der Waals surface area contributed by atoms with E-state index in [0.29, 0.717) is 46.5 Å². The number of aliphatic hydroxyl groups excluding tert-OH is 2. The van der Waals surface area contributed by atoms with Gasteiger partial charge in [-0.2, -0.15) is 0 Å². The van der Waals surface area contributed by atoms with Crippen molar-refractivity contribution in [3.05, 3.63) is 47.5 Å². The number of ether oxygens (including phenoxy) is 1. The van der Waals surface area contributed by atoms with Crippen LogP contribution in [0.4, 0.5) is 30.5 Å². The number of nitrogens with zero attached hydrogens (tertiary/aromatic N) is 2. The molecule has 0 bridgehead atoms. The second kappa shape index (κ2) is 12.5. The van der Waals surface area contributed by atoms with Crippen LogP contribution in [0.3, 0.4) is 0 Å². The summed E-state index contributed by atoms with van der Waals surface area (Å²) in [6.45, 7) is 5.01. The minimum Gasteiger partial charge on any atom is -0.393 e. The first-order valence-electron chi connectivity index (χ1n) is 12.5. The van der Waals surface area contributed by atoms with Crippen LogP contribution in [0.5, 0.6) is 0 Å². The van der Waals surface area contributed by atoms with E-state index in [1.165, 1.54) is 17.8 Å². The van der Waals surface area contributed by atoms with Crippen molar-refractivity contribution in [2.24, 2.45) is 5.84 Å². The lowest BCUT2D eigenvalue weighted by Gasteiger charge is -2.20. The maximum absolute atomic E-state index is 13.7. The van der Waals surface area contributed by atoms with Gasteiger partial charge in [0, 0.05) is 24.1 Å². The summed E-state index contributed by atoms with van der Waals surface area (Å²) in [7, 11) is 0. The third kappa shape index (κ3) is 6.52. The highest BCUT2D eigenvalue weighted by Gasteiger charge is 2.41. The standard InChI is InChI=1S/C25H33F3N6O3S/c1-3-6-38-25-32-23(30-18-9-20(22(36)12(18)2)37-11-14(26)10-35)21(34-29)24(33-25)31-19-8-15(19)13-4-5-16(27)17(28)7-13/h4-5,7,14-15,18-20,22,34-36H,2-3,6,8-11,29H2,1H3,(H2,30,31,32,33). The predicted octanol–water partition coefficient (Wildman–Crippen LogP) is 3.33. The molecule has 7 N–H and O–H groups in total. The van der Waals surface area contributed by atoms with Gasteiger partial charge in [-0.1, -0.05) is 31.3 Å². The number of aromatic nitrogens is 2. The topological polar surface area (TPSA) is 138 Å². The Morgan fingerprint density at radius 1 is 1.21 bits per heavy atom. The van der Waals surface area contributed by atoms with E-state index in [1.54, 1.807) is 6.07 Å². The van der Waals surface area contributed by atoms with E-state index in [0.717, 1.165) is 18.2 Å². The molecule has 38 heavy (non-hydrogen) atoms. The Balaban J connectivity index is 1.53. The van der Waals surface area contributed by atoms with Crippen molar-refractivity contribution < 1.29 is 28.1 Å². The molecule has 2 saturated carbocycles. The van der Waals surface area contributed by atoms with Gasteiger partial charge in [-0.25, -0.2) is 23.1 Å². The second-order valence-electron chi connectivity index (χ2n) is 9.44. The van der Waals surface area contributed by atoms with Crippen LogP contribution in [0.2, 0.25) is 0 Å². The second-order valence-corrected chi connectivity index (χ2v) is 10.5. The van der Waals surface area contributed by atoms with Crippen molar-refractivity contribution >= 4 is 29.1 Å². The van der Waals surface area contributed by atoms with Gasteiger partial charge in [-0.3, -0.25) is 5.84 Å². The average Bonchev–Trinajstić information content (AvgIpc) is 3.62. The molecule has 0 saturated heterocycles. The highest BCUT2D eigenvalue weighted by Crippen LogP contribution is 2.45. The number of hydrogen-bond acceptors (Lipinski definition) is 10. The lowest BCUT2D eigenvalue weighted by molar-refractivity contribution is -0.0372. The molecule has 6 atom stereocenters. The molecule has 4 rings (SSSR count). The summed E-state index contributed by atoms with van der Waals surface area (Å²) in [6, 6.07) is 3.39. The quantitative estimate of drug-likeness (QED) is 0.0719. The maximum atomic E-state index is 13.7. The number of rotatable bonds is 13. The normalized spacial score (nSPS) is 25.3. The van der Waals surface area contributed by atoms with E-state index in [9.17, 15) is 18.3 Å². The summed E-state index contributed by atoms with van der Waals surface area (Å²) in [5.41, 5.74) is 4.17. The van der Waals surface area contributed by atoms with Crippen LogP contribution < -0.4 is 21.9 Å². The molecule has 6 unspecified atom stereocenters. The van der Waals surface area contributed by atoms with Crippen LogP contribution in [-0.2, 0) is 4.74 Å². The van der Waals surface area contributed by atoms with Crippen molar-refractivity contribution in [3.8, 4) is 0 Å².